The third kappa shape index (κ3) is 4.46. The van der Waals surface area contributed by atoms with E-state index in [1.54, 1.807) is 53.4 Å². The first kappa shape index (κ1) is 21.1. The van der Waals surface area contributed by atoms with Gasteiger partial charge in [0.1, 0.15) is 5.75 Å². The second-order valence-electron chi connectivity index (χ2n) is 7.46. The fourth-order valence-corrected chi connectivity index (χ4v) is 3.46. The van der Waals surface area contributed by atoms with Gasteiger partial charge in [0.25, 0.3) is 11.8 Å². The number of anilines is 2. The topological polar surface area (TPSA) is 84.9 Å². The maximum absolute atomic E-state index is 12.6. The van der Waals surface area contributed by atoms with E-state index in [-0.39, 0.29) is 25.0 Å². The normalized spacial score (nSPS) is 12.6. The van der Waals surface area contributed by atoms with E-state index in [0.717, 1.165) is 11.1 Å². The first-order valence-electron chi connectivity index (χ1n) is 10.1. The highest BCUT2D eigenvalue weighted by Gasteiger charge is 2.26. The molecule has 7 heteroatoms. The summed E-state index contributed by atoms with van der Waals surface area (Å²) in [6.07, 6.45) is 0. The number of rotatable bonds is 5. The van der Waals surface area contributed by atoms with E-state index >= 15 is 0 Å². The summed E-state index contributed by atoms with van der Waals surface area (Å²) in [6, 6.07) is 19.4. The number of hydrogen-bond acceptors (Lipinski definition) is 5. The Bertz CT molecular complexity index is 1190. The molecule has 32 heavy (non-hydrogen) atoms. The minimum Gasteiger partial charge on any atom is -0.482 e. The Balaban J connectivity index is 1.59. The van der Waals surface area contributed by atoms with E-state index in [2.05, 4.69) is 5.32 Å². The van der Waals surface area contributed by atoms with Gasteiger partial charge in [-0.3, -0.25) is 9.59 Å². The first-order chi connectivity index (χ1) is 15.4. The van der Waals surface area contributed by atoms with E-state index in [1.807, 2.05) is 25.1 Å². The number of benzene rings is 3. The van der Waals surface area contributed by atoms with Crippen molar-refractivity contribution in [3.8, 4) is 5.75 Å². The van der Waals surface area contributed by atoms with E-state index in [4.69, 9.17) is 9.47 Å². The molecule has 3 aromatic rings. The molecule has 0 bridgehead atoms. The van der Waals surface area contributed by atoms with Crippen LogP contribution in [0.25, 0.3) is 0 Å². The zero-order valence-electron chi connectivity index (χ0n) is 17.8. The Kier molecular flexibility index (Phi) is 5.89. The summed E-state index contributed by atoms with van der Waals surface area (Å²) in [7, 11) is 1.32. The van der Waals surface area contributed by atoms with Gasteiger partial charge in [-0.05, 0) is 55.0 Å². The number of ether oxygens (including phenoxy) is 2. The number of esters is 1. The van der Waals surface area contributed by atoms with Crippen LogP contribution in [-0.4, -0.2) is 31.5 Å². The van der Waals surface area contributed by atoms with E-state index in [1.165, 1.54) is 7.11 Å². The lowest BCUT2D eigenvalue weighted by molar-refractivity contribution is -0.121. The fourth-order valence-electron chi connectivity index (χ4n) is 3.46. The van der Waals surface area contributed by atoms with Gasteiger partial charge in [0.2, 0.25) is 0 Å². The summed E-state index contributed by atoms with van der Waals surface area (Å²) in [6.45, 7) is 2.12. The molecule has 0 aliphatic carbocycles. The monoisotopic (exact) mass is 430 g/mol. The number of hydrogen-bond donors (Lipinski definition) is 1. The zero-order valence-corrected chi connectivity index (χ0v) is 17.8. The van der Waals surface area contributed by atoms with Crippen molar-refractivity contribution in [1.82, 2.24) is 0 Å². The lowest BCUT2D eigenvalue weighted by Gasteiger charge is -2.30. The number of carbonyl (C=O) groups is 3. The maximum atomic E-state index is 12.6. The molecule has 1 heterocycles. The first-order valence-corrected chi connectivity index (χ1v) is 10.1. The molecule has 0 atom stereocenters. The number of aryl methyl sites for hydroxylation is 1. The van der Waals surface area contributed by atoms with Gasteiger partial charge in [0, 0.05) is 11.3 Å². The molecule has 0 radical (unpaired) electrons. The van der Waals surface area contributed by atoms with Gasteiger partial charge in [0.15, 0.2) is 6.61 Å². The van der Waals surface area contributed by atoms with Crippen LogP contribution >= 0.6 is 0 Å². The molecule has 0 unspecified atom stereocenters. The molecule has 1 N–H and O–H groups in total. The van der Waals surface area contributed by atoms with E-state index in [9.17, 15) is 14.4 Å². The van der Waals surface area contributed by atoms with Crippen molar-refractivity contribution in [3.63, 3.8) is 0 Å². The molecular weight excluding hydrogens is 408 g/mol. The van der Waals surface area contributed by atoms with Crippen LogP contribution in [0.4, 0.5) is 11.4 Å². The van der Waals surface area contributed by atoms with Crippen LogP contribution in [-0.2, 0) is 16.1 Å². The SMILES string of the molecule is COC(=O)c1cccc(CN2C(=O)COc3ccc(NC(=O)c4ccc(C)cc4)cc32)c1. The smallest absolute Gasteiger partial charge is 0.337 e. The van der Waals surface area contributed by atoms with E-state index < -0.39 is 5.97 Å². The molecule has 0 fully saturated rings. The van der Waals surface area contributed by atoms with Crippen LogP contribution in [0.3, 0.4) is 0 Å². The molecule has 1 aliphatic rings. The van der Waals surface area contributed by atoms with Gasteiger partial charge in [-0.15, -0.1) is 0 Å². The van der Waals surface area contributed by atoms with Crippen molar-refractivity contribution in [2.24, 2.45) is 0 Å². The van der Waals surface area contributed by atoms with Crippen molar-refractivity contribution in [1.29, 1.82) is 0 Å². The van der Waals surface area contributed by atoms with Gasteiger partial charge < -0.3 is 19.7 Å². The molecule has 7 nitrogen and oxygen atoms in total. The Morgan fingerprint density at radius 2 is 1.81 bits per heavy atom. The third-order valence-corrected chi connectivity index (χ3v) is 5.16. The summed E-state index contributed by atoms with van der Waals surface area (Å²) < 4.78 is 10.3. The lowest BCUT2D eigenvalue weighted by Crippen LogP contribution is -2.38. The summed E-state index contributed by atoms with van der Waals surface area (Å²) >= 11 is 0. The second-order valence-corrected chi connectivity index (χ2v) is 7.46. The number of carbonyl (C=O) groups excluding carboxylic acids is 3. The predicted octanol–water partition coefficient (Wildman–Crippen LogP) is 3.96. The molecule has 1 aliphatic heterocycles. The zero-order chi connectivity index (χ0) is 22.7. The molecule has 3 aromatic carbocycles. The van der Waals surface area contributed by atoms with Crippen molar-refractivity contribution in [3.05, 3.63) is 89.0 Å². The molecule has 4 rings (SSSR count). The van der Waals surface area contributed by atoms with Gasteiger partial charge in [-0.25, -0.2) is 4.79 Å². The Hall–Kier alpha value is -4.13. The quantitative estimate of drug-likeness (QED) is 0.620. The summed E-state index contributed by atoms with van der Waals surface area (Å²) in [5, 5.41) is 2.87. The van der Waals surface area contributed by atoms with Crippen LogP contribution in [0.2, 0.25) is 0 Å². The van der Waals surface area contributed by atoms with Crippen LogP contribution in [0.1, 0.15) is 31.8 Å². The van der Waals surface area contributed by atoms with Gasteiger partial charge in [-0.2, -0.15) is 0 Å². The number of nitrogens with one attached hydrogen (secondary N) is 1. The fraction of sp³-hybridized carbons (Fsp3) is 0.160. The highest BCUT2D eigenvalue weighted by molar-refractivity contribution is 6.05. The summed E-state index contributed by atoms with van der Waals surface area (Å²) in [5.41, 5.74) is 3.87. The van der Waals surface area contributed by atoms with E-state index in [0.29, 0.717) is 28.3 Å². The van der Waals surface area contributed by atoms with Crippen LogP contribution in [0, 0.1) is 6.92 Å². The van der Waals surface area contributed by atoms with Gasteiger partial charge in [-0.1, -0.05) is 29.8 Å². The van der Waals surface area contributed by atoms with Crippen molar-refractivity contribution >= 4 is 29.2 Å². The molecular formula is C25H22N2O5. The van der Waals surface area contributed by atoms with Crippen LogP contribution < -0.4 is 15.0 Å². The third-order valence-electron chi connectivity index (χ3n) is 5.16. The average molecular weight is 430 g/mol. The predicted molar refractivity (Wildman–Crippen MR) is 120 cm³/mol. The molecule has 162 valence electrons. The molecule has 0 saturated heterocycles. The van der Waals surface area contributed by atoms with Crippen molar-refractivity contribution < 1.29 is 23.9 Å². The number of fused-ring (bicyclic) bond motifs is 1. The second kappa shape index (κ2) is 8.93. The number of amides is 2. The summed E-state index contributed by atoms with van der Waals surface area (Å²) in [4.78, 5) is 38.7. The largest absolute Gasteiger partial charge is 0.482 e. The maximum Gasteiger partial charge on any atom is 0.337 e. The number of methoxy groups -OCH3 is 1. The Morgan fingerprint density at radius 3 is 2.56 bits per heavy atom. The number of nitrogens with zero attached hydrogens (tertiary/aromatic N) is 1. The molecule has 2 amide bonds. The minimum absolute atomic E-state index is 0.0846. The Morgan fingerprint density at radius 1 is 1.03 bits per heavy atom. The average Bonchev–Trinajstić information content (AvgIpc) is 2.81. The van der Waals surface area contributed by atoms with Crippen LogP contribution in [0.5, 0.6) is 5.75 Å². The molecule has 0 aromatic heterocycles. The van der Waals surface area contributed by atoms with Crippen molar-refractivity contribution in [2.45, 2.75) is 13.5 Å². The lowest BCUT2D eigenvalue weighted by atomic mass is 10.1. The van der Waals surface area contributed by atoms with Gasteiger partial charge >= 0.3 is 5.97 Å². The minimum atomic E-state index is -0.443. The van der Waals surface area contributed by atoms with Crippen molar-refractivity contribution in [2.75, 3.05) is 23.9 Å². The highest BCUT2D eigenvalue weighted by atomic mass is 16.5. The summed E-state index contributed by atoms with van der Waals surface area (Å²) in [5.74, 6) is -0.364. The standard InChI is InChI=1S/C25H22N2O5/c1-16-6-8-18(9-7-16)24(29)26-20-10-11-22-21(13-20)27(23(28)15-32-22)14-17-4-3-5-19(12-17)25(30)31-2/h3-13H,14-15H2,1-2H3,(H,26,29). The molecule has 0 saturated carbocycles. The van der Waals surface area contributed by atoms with Gasteiger partial charge in [0.05, 0.1) is 24.9 Å². The highest BCUT2D eigenvalue weighted by Crippen LogP contribution is 2.35. The Labute approximate surface area is 185 Å². The van der Waals surface area contributed by atoms with Crippen LogP contribution in [0.15, 0.2) is 66.7 Å². The molecule has 0 spiro atoms.